The van der Waals surface area contributed by atoms with Crippen molar-refractivity contribution in [3.05, 3.63) is 163 Å². The van der Waals surface area contributed by atoms with Gasteiger partial charge in [0.1, 0.15) is 11.2 Å². The highest BCUT2D eigenvalue weighted by molar-refractivity contribution is 6.13. The van der Waals surface area contributed by atoms with E-state index >= 15 is 0 Å². The van der Waals surface area contributed by atoms with E-state index in [2.05, 4.69) is 80.2 Å². The third-order valence-electron chi connectivity index (χ3n) is 8.51. The lowest BCUT2D eigenvalue weighted by Crippen LogP contribution is -2.01. The molecule has 0 saturated carbocycles. The van der Waals surface area contributed by atoms with Crippen LogP contribution >= 0.6 is 0 Å². The summed E-state index contributed by atoms with van der Waals surface area (Å²) in [4.78, 5) is 15.0. The van der Waals surface area contributed by atoms with Gasteiger partial charge in [-0.25, -0.2) is 15.0 Å². The van der Waals surface area contributed by atoms with Gasteiger partial charge in [0, 0.05) is 33.0 Å². The van der Waals surface area contributed by atoms with Gasteiger partial charge in [0.25, 0.3) is 0 Å². The third kappa shape index (κ3) is 4.59. The Bertz CT molecular complexity index is 2380. The summed E-state index contributed by atoms with van der Waals surface area (Å²) >= 11 is 0. The van der Waals surface area contributed by atoms with Crippen LogP contribution in [0.5, 0.6) is 0 Å². The summed E-state index contributed by atoms with van der Waals surface area (Å²) in [6.07, 6.45) is 4.07. The monoisotopic (exact) mass is 591 g/mol. The average Bonchev–Trinajstić information content (AvgIpc) is 3.51. The summed E-state index contributed by atoms with van der Waals surface area (Å²) in [5.41, 5.74) is 8.77. The molecule has 0 unspecified atom stereocenters. The molecule has 0 atom stereocenters. The molecule has 0 fully saturated rings. The molecule has 4 heteroatoms. The zero-order valence-corrected chi connectivity index (χ0v) is 25.3. The number of hydrogen-bond donors (Lipinski definition) is 0. The predicted octanol–water partition coefficient (Wildman–Crippen LogP) is 11.0. The van der Waals surface area contributed by atoms with Crippen molar-refractivity contribution in [2.45, 2.75) is 6.92 Å². The lowest BCUT2D eigenvalue weighted by Gasteiger charge is -2.17. The average molecular weight is 592 g/mol. The van der Waals surface area contributed by atoms with Crippen molar-refractivity contribution in [1.29, 1.82) is 0 Å². The number of aromatic nitrogens is 3. The minimum absolute atomic E-state index is 0.628. The molecule has 0 radical (unpaired) electrons. The first-order valence-electron chi connectivity index (χ1n) is 15.4. The maximum atomic E-state index is 6.53. The first kappa shape index (κ1) is 27.4. The maximum absolute atomic E-state index is 6.53. The van der Waals surface area contributed by atoms with E-state index < -0.39 is 0 Å². The van der Waals surface area contributed by atoms with Gasteiger partial charge < -0.3 is 4.42 Å². The van der Waals surface area contributed by atoms with E-state index in [9.17, 15) is 0 Å². The summed E-state index contributed by atoms with van der Waals surface area (Å²) in [6.45, 7) is 6.23. The standard InChI is InChI=1S/C42H29N3O/c1-3-27-23-24-35-34-21-13-14-22-37(34)46-39(35)38(27)30(4-2)33-25-26-36(32-20-12-11-19-31(32)33)42-44-40(28-15-7-5-8-16-28)43-41(45-42)29-17-9-6-10-18-29/h3-26H,1H2,2H3/b30-4-. The van der Waals surface area contributed by atoms with Crippen LogP contribution in [0.2, 0.25) is 0 Å². The van der Waals surface area contributed by atoms with E-state index in [-0.39, 0.29) is 0 Å². The van der Waals surface area contributed by atoms with Crippen molar-refractivity contribution in [3.8, 4) is 34.2 Å². The Morgan fingerprint density at radius 3 is 1.80 bits per heavy atom. The number of rotatable bonds is 6. The smallest absolute Gasteiger partial charge is 0.164 e. The predicted molar refractivity (Wildman–Crippen MR) is 190 cm³/mol. The Balaban J connectivity index is 1.35. The summed E-state index contributed by atoms with van der Waals surface area (Å²) in [6, 6.07) is 45.4. The number of para-hydroxylation sites is 1. The van der Waals surface area contributed by atoms with Gasteiger partial charge >= 0.3 is 0 Å². The largest absolute Gasteiger partial charge is 0.455 e. The van der Waals surface area contributed by atoms with E-state index in [0.717, 1.165) is 71.7 Å². The second-order valence-corrected chi connectivity index (χ2v) is 11.2. The lowest BCUT2D eigenvalue weighted by atomic mass is 9.88. The minimum Gasteiger partial charge on any atom is -0.455 e. The second-order valence-electron chi connectivity index (χ2n) is 11.2. The highest BCUT2D eigenvalue weighted by Gasteiger charge is 2.21. The van der Waals surface area contributed by atoms with Crippen LogP contribution in [0.1, 0.15) is 23.6 Å². The van der Waals surface area contributed by atoms with Gasteiger partial charge in [-0.05, 0) is 52.6 Å². The molecule has 0 amide bonds. The Labute approximate surface area is 267 Å². The Hall–Kier alpha value is -6.13. The SMILES string of the molecule is C=Cc1ccc2c(oc3ccccc32)c1/C(=C\C)c1ccc(-c2nc(-c3ccccc3)nc(-c3ccccc3)n2)c2ccccc12. The topological polar surface area (TPSA) is 51.8 Å². The molecule has 8 aromatic rings. The fourth-order valence-corrected chi connectivity index (χ4v) is 6.34. The minimum atomic E-state index is 0.628. The highest BCUT2D eigenvalue weighted by atomic mass is 16.3. The van der Waals surface area contributed by atoms with Gasteiger partial charge in [0.15, 0.2) is 17.5 Å². The number of hydrogen-bond acceptors (Lipinski definition) is 4. The van der Waals surface area contributed by atoms with Crippen molar-refractivity contribution >= 4 is 44.4 Å². The fraction of sp³-hybridized carbons (Fsp3) is 0.0238. The summed E-state index contributed by atoms with van der Waals surface area (Å²) in [5, 5.41) is 4.34. The first-order valence-corrected chi connectivity index (χ1v) is 15.4. The summed E-state index contributed by atoms with van der Waals surface area (Å²) < 4.78 is 6.53. The number of benzene rings is 6. The van der Waals surface area contributed by atoms with E-state index in [1.807, 2.05) is 78.9 Å². The molecule has 4 nitrogen and oxygen atoms in total. The van der Waals surface area contributed by atoms with Crippen molar-refractivity contribution in [1.82, 2.24) is 15.0 Å². The van der Waals surface area contributed by atoms with Crippen LogP contribution in [0.3, 0.4) is 0 Å². The summed E-state index contributed by atoms with van der Waals surface area (Å²) in [7, 11) is 0. The number of fused-ring (bicyclic) bond motifs is 4. The van der Waals surface area contributed by atoms with Crippen molar-refractivity contribution in [2.75, 3.05) is 0 Å². The van der Waals surface area contributed by atoms with E-state index in [1.54, 1.807) is 0 Å². The van der Waals surface area contributed by atoms with Gasteiger partial charge in [-0.1, -0.05) is 134 Å². The zero-order chi connectivity index (χ0) is 31.0. The van der Waals surface area contributed by atoms with E-state index in [0.29, 0.717) is 17.5 Å². The molecule has 0 aliphatic heterocycles. The molecule has 0 spiro atoms. The van der Waals surface area contributed by atoms with Crippen molar-refractivity contribution in [3.63, 3.8) is 0 Å². The van der Waals surface area contributed by atoms with Crippen LogP contribution in [0.25, 0.3) is 78.5 Å². The first-order chi connectivity index (χ1) is 22.7. The van der Waals surface area contributed by atoms with Gasteiger partial charge in [-0.2, -0.15) is 0 Å². The normalized spacial score (nSPS) is 11.8. The van der Waals surface area contributed by atoms with E-state index in [4.69, 9.17) is 19.4 Å². The highest BCUT2D eigenvalue weighted by Crippen LogP contribution is 2.41. The zero-order valence-electron chi connectivity index (χ0n) is 25.3. The van der Waals surface area contributed by atoms with Crippen LogP contribution in [0.15, 0.2) is 151 Å². The molecule has 0 aliphatic carbocycles. The third-order valence-corrected chi connectivity index (χ3v) is 8.51. The summed E-state index contributed by atoms with van der Waals surface area (Å²) in [5.74, 6) is 1.90. The van der Waals surface area contributed by atoms with Crippen LogP contribution < -0.4 is 0 Å². The molecule has 0 N–H and O–H groups in total. The molecule has 6 aromatic carbocycles. The molecule has 0 saturated heterocycles. The van der Waals surface area contributed by atoms with Crippen LogP contribution in [-0.4, -0.2) is 15.0 Å². The van der Waals surface area contributed by atoms with Gasteiger partial charge in [-0.15, -0.1) is 0 Å². The molecule has 0 aliphatic rings. The molecule has 218 valence electrons. The second kappa shape index (κ2) is 11.4. The fourth-order valence-electron chi connectivity index (χ4n) is 6.34. The van der Waals surface area contributed by atoms with Crippen LogP contribution in [0, 0.1) is 0 Å². The Morgan fingerprint density at radius 1 is 0.565 bits per heavy atom. The quantitative estimate of drug-likeness (QED) is 0.193. The van der Waals surface area contributed by atoms with Crippen molar-refractivity contribution in [2.24, 2.45) is 0 Å². The molecule has 2 aromatic heterocycles. The number of nitrogens with zero attached hydrogens (tertiary/aromatic N) is 3. The van der Waals surface area contributed by atoms with Crippen LogP contribution in [-0.2, 0) is 0 Å². The lowest BCUT2D eigenvalue weighted by molar-refractivity contribution is 0.667. The van der Waals surface area contributed by atoms with Gasteiger partial charge in [0.2, 0.25) is 0 Å². The van der Waals surface area contributed by atoms with Gasteiger partial charge in [0.05, 0.1) is 0 Å². The Morgan fingerprint density at radius 2 is 1.15 bits per heavy atom. The van der Waals surface area contributed by atoms with Crippen molar-refractivity contribution < 1.29 is 4.42 Å². The molecule has 0 bridgehead atoms. The molecular formula is C42H29N3O. The maximum Gasteiger partial charge on any atom is 0.164 e. The van der Waals surface area contributed by atoms with Crippen LogP contribution in [0.4, 0.5) is 0 Å². The molecular weight excluding hydrogens is 562 g/mol. The molecule has 8 rings (SSSR count). The number of allylic oxidation sites excluding steroid dienone is 1. The molecule has 2 heterocycles. The van der Waals surface area contributed by atoms with Gasteiger partial charge in [-0.3, -0.25) is 0 Å². The molecule has 46 heavy (non-hydrogen) atoms. The Kier molecular flexibility index (Phi) is 6.81. The number of furan rings is 1. The van der Waals surface area contributed by atoms with E-state index in [1.165, 1.54) is 0 Å².